The first-order valence-corrected chi connectivity index (χ1v) is 14.5. The molecular formula is C36H22N4S. The summed E-state index contributed by atoms with van der Waals surface area (Å²) in [5, 5.41) is 14.7. The summed E-state index contributed by atoms with van der Waals surface area (Å²) >= 11 is 1.87. The smallest absolute Gasteiger partial charge is 0.115 e. The Morgan fingerprint density at radius 1 is 0.488 bits per heavy atom. The molecule has 3 heterocycles. The van der Waals surface area contributed by atoms with Crippen LogP contribution in [-0.4, -0.2) is 19.6 Å². The second-order valence-corrected chi connectivity index (χ2v) is 11.4. The molecule has 9 rings (SSSR count). The summed E-state index contributed by atoms with van der Waals surface area (Å²) in [4.78, 5) is 1.71. The zero-order chi connectivity index (χ0) is 26.9. The summed E-state index contributed by atoms with van der Waals surface area (Å²) in [6, 6.07) is 47.3. The second kappa shape index (κ2) is 8.62. The van der Waals surface area contributed by atoms with Gasteiger partial charge in [-0.2, -0.15) is 4.80 Å². The van der Waals surface area contributed by atoms with Crippen LogP contribution < -0.4 is 0 Å². The molecule has 0 N–H and O–H groups in total. The maximum Gasteiger partial charge on any atom is 0.115 e. The molecule has 0 aliphatic rings. The molecule has 0 amide bonds. The zero-order valence-corrected chi connectivity index (χ0v) is 22.7. The highest BCUT2D eigenvalue weighted by molar-refractivity contribution is 7.26. The predicted molar refractivity (Wildman–Crippen MR) is 172 cm³/mol. The number of rotatable bonds is 3. The molecular weight excluding hydrogens is 520 g/mol. The van der Waals surface area contributed by atoms with Crippen molar-refractivity contribution in [3.05, 3.63) is 133 Å². The number of hydrogen-bond donors (Lipinski definition) is 0. The molecule has 5 heteroatoms. The Balaban J connectivity index is 1.28. The maximum atomic E-state index is 4.83. The fraction of sp³-hybridized carbons (Fsp3) is 0. The van der Waals surface area contributed by atoms with E-state index in [0.29, 0.717) is 0 Å². The fourth-order valence-electron chi connectivity index (χ4n) is 6.11. The number of nitrogens with zero attached hydrogens (tertiary/aromatic N) is 4. The van der Waals surface area contributed by atoms with Gasteiger partial charge in [-0.05, 0) is 59.7 Å². The third-order valence-electron chi connectivity index (χ3n) is 8.00. The summed E-state index contributed by atoms with van der Waals surface area (Å²) in [7, 11) is 0. The lowest BCUT2D eigenvalue weighted by atomic mass is 10.0. The number of thiophene rings is 1. The van der Waals surface area contributed by atoms with Crippen molar-refractivity contribution in [2.75, 3.05) is 0 Å². The van der Waals surface area contributed by atoms with Crippen LogP contribution in [0.25, 0.3) is 75.5 Å². The molecule has 3 aromatic heterocycles. The van der Waals surface area contributed by atoms with Crippen molar-refractivity contribution in [2.45, 2.75) is 0 Å². The molecule has 0 unspecified atom stereocenters. The van der Waals surface area contributed by atoms with Crippen LogP contribution in [0.1, 0.15) is 0 Å². The Kier molecular flexibility index (Phi) is 4.74. The minimum Gasteiger partial charge on any atom is -0.309 e. The highest BCUT2D eigenvalue weighted by atomic mass is 32.1. The molecule has 0 fully saturated rings. The third kappa shape index (κ3) is 3.39. The SMILES string of the molecule is c1ccc(-n2nc3ccc(-n4c5ccccc5c5ccc(-c6cccc7c6sc6ccccc67)cc54)cc3n2)cc1. The summed E-state index contributed by atoms with van der Waals surface area (Å²) < 4.78 is 5.01. The number of fused-ring (bicyclic) bond motifs is 7. The Morgan fingerprint density at radius 3 is 2.17 bits per heavy atom. The average molecular weight is 543 g/mol. The van der Waals surface area contributed by atoms with Gasteiger partial charge < -0.3 is 4.57 Å². The molecule has 0 aliphatic heterocycles. The van der Waals surface area contributed by atoms with Crippen molar-refractivity contribution < 1.29 is 0 Å². The van der Waals surface area contributed by atoms with Gasteiger partial charge in [0, 0.05) is 36.6 Å². The van der Waals surface area contributed by atoms with Gasteiger partial charge in [0.05, 0.1) is 16.7 Å². The van der Waals surface area contributed by atoms with E-state index in [4.69, 9.17) is 10.2 Å². The number of aromatic nitrogens is 4. The van der Waals surface area contributed by atoms with Crippen LogP contribution in [0.2, 0.25) is 0 Å². The topological polar surface area (TPSA) is 35.6 Å². The summed E-state index contributed by atoms with van der Waals surface area (Å²) in [6.45, 7) is 0. The molecule has 0 atom stereocenters. The lowest BCUT2D eigenvalue weighted by molar-refractivity contribution is 0.766. The molecule has 0 bridgehead atoms. The first-order chi connectivity index (χ1) is 20.3. The van der Waals surface area contributed by atoms with Gasteiger partial charge in [0.15, 0.2) is 0 Å². The molecule has 0 spiro atoms. The number of hydrogen-bond acceptors (Lipinski definition) is 3. The average Bonchev–Trinajstić information content (AvgIpc) is 3.72. The van der Waals surface area contributed by atoms with Gasteiger partial charge >= 0.3 is 0 Å². The van der Waals surface area contributed by atoms with Gasteiger partial charge in [0.1, 0.15) is 11.0 Å². The normalized spacial score (nSPS) is 11.9. The zero-order valence-electron chi connectivity index (χ0n) is 21.9. The van der Waals surface area contributed by atoms with Crippen molar-refractivity contribution in [3.8, 4) is 22.5 Å². The standard InChI is InChI=1S/C36H22N4S/c1-2-9-24(10-3-1)40-37-31-20-18-25(22-32(31)38-40)39-33-15-6-4-11-27(33)28-19-17-23(21-34(28)39)26-13-8-14-30-29-12-5-7-16-35(29)41-36(26)30/h1-22H. The van der Waals surface area contributed by atoms with Crippen molar-refractivity contribution in [1.29, 1.82) is 0 Å². The Labute approximate surface area is 239 Å². The van der Waals surface area contributed by atoms with Gasteiger partial charge in [0.25, 0.3) is 0 Å². The van der Waals surface area contributed by atoms with E-state index >= 15 is 0 Å². The van der Waals surface area contributed by atoms with Gasteiger partial charge in [-0.3, -0.25) is 0 Å². The van der Waals surface area contributed by atoms with Crippen LogP contribution >= 0.6 is 11.3 Å². The summed E-state index contributed by atoms with van der Waals surface area (Å²) in [5.74, 6) is 0. The van der Waals surface area contributed by atoms with Crippen molar-refractivity contribution in [3.63, 3.8) is 0 Å². The predicted octanol–water partition coefficient (Wildman–Crippen LogP) is 9.55. The number of para-hydroxylation sites is 2. The van der Waals surface area contributed by atoms with E-state index in [0.717, 1.165) is 22.4 Å². The van der Waals surface area contributed by atoms with Gasteiger partial charge in [-0.1, -0.05) is 84.9 Å². The van der Waals surface area contributed by atoms with Crippen molar-refractivity contribution in [1.82, 2.24) is 19.6 Å². The van der Waals surface area contributed by atoms with E-state index in [1.165, 1.54) is 53.1 Å². The Hall–Kier alpha value is -5.26. The molecule has 192 valence electrons. The first-order valence-electron chi connectivity index (χ1n) is 13.7. The Morgan fingerprint density at radius 2 is 1.24 bits per heavy atom. The molecule has 41 heavy (non-hydrogen) atoms. The molecule has 6 aromatic carbocycles. The van der Waals surface area contributed by atoms with Crippen LogP contribution in [-0.2, 0) is 0 Å². The largest absolute Gasteiger partial charge is 0.309 e. The molecule has 0 saturated heterocycles. The van der Waals surface area contributed by atoms with Crippen LogP contribution in [0, 0.1) is 0 Å². The lowest BCUT2D eigenvalue weighted by Gasteiger charge is -2.09. The summed E-state index contributed by atoms with van der Waals surface area (Å²) in [5.41, 5.74) is 8.59. The summed E-state index contributed by atoms with van der Waals surface area (Å²) in [6.07, 6.45) is 0. The molecule has 0 aliphatic carbocycles. The van der Waals surface area contributed by atoms with Crippen LogP contribution in [0.4, 0.5) is 0 Å². The lowest BCUT2D eigenvalue weighted by Crippen LogP contribution is -1.97. The maximum absolute atomic E-state index is 4.83. The van der Waals surface area contributed by atoms with Crippen LogP contribution in [0.3, 0.4) is 0 Å². The highest BCUT2D eigenvalue weighted by Gasteiger charge is 2.16. The van der Waals surface area contributed by atoms with E-state index in [9.17, 15) is 0 Å². The van der Waals surface area contributed by atoms with Crippen LogP contribution in [0.5, 0.6) is 0 Å². The van der Waals surface area contributed by atoms with E-state index in [1.54, 1.807) is 4.80 Å². The van der Waals surface area contributed by atoms with Gasteiger partial charge in [-0.15, -0.1) is 21.5 Å². The van der Waals surface area contributed by atoms with E-state index in [-0.39, 0.29) is 0 Å². The highest BCUT2D eigenvalue weighted by Crippen LogP contribution is 2.41. The quantitative estimate of drug-likeness (QED) is 0.223. The fourth-order valence-corrected chi connectivity index (χ4v) is 7.35. The monoisotopic (exact) mass is 542 g/mol. The van der Waals surface area contributed by atoms with Crippen molar-refractivity contribution >= 4 is 64.3 Å². The second-order valence-electron chi connectivity index (χ2n) is 10.4. The first kappa shape index (κ1) is 22.5. The number of benzene rings is 6. The Bertz CT molecular complexity index is 2430. The van der Waals surface area contributed by atoms with E-state index in [1.807, 2.05) is 41.7 Å². The molecule has 9 aromatic rings. The molecule has 0 radical (unpaired) electrons. The molecule has 0 saturated carbocycles. The minimum absolute atomic E-state index is 0.864. The molecule has 4 nitrogen and oxygen atoms in total. The van der Waals surface area contributed by atoms with Crippen molar-refractivity contribution in [2.24, 2.45) is 0 Å². The minimum atomic E-state index is 0.864. The van der Waals surface area contributed by atoms with Gasteiger partial charge in [0.2, 0.25) is 0 Å². The van der Waals surface area contributed by atoms with Gasteiger partial charge in [-0.25, -0.2) is 0 Å². The third-order valence-corrected chi connectivity index (χ3v) is 9.22. The van der Waals surface area contributed by atoms with E-state index < -0.39 is 0 Å². The van der Waals surface area contributed by atoms with Crippen LogP contribution in [0.15, 0.2) is 133 Å². The van der Waals surface area contributed by atoms with E-state index in [2.05, 4.69) is 108 Å².